The number of nitrogens with one attached hydrogen (secondary N) is 2. The Balaban J connectivity index is 2.13. The zero-order valence-electron chi connectivity index (χ0n) is 10.2. The number of benzene rings is 1. The van der Waals surface area contributed by atoms with E-state index in [1.165, 1.54) is 6.20 Å². The first kappa shape index (κ1) is 12.8. The molecular weight excluding hydrogens is 294 g/mol. The minimum absolute atomic E-state index is 0.0672. The van der Waals surface area contributed by atoms with Crippen molar-refractivity contribution in [2.75, 3.05) is 0 Å². The number of rotatable bonds is 3. The zero-order chi connectivity index (χ0) is 13.1. The lowest BCUT2D eigenvalue weighted by Gasteiger charge is -2.15. The first-order chi connectivity index (χ1) is 8.59. The molecule has 0 fully saturated rings. The molecule has 0 radical (unpaired) electrons. The summed E-state index contributed by atoms with van der Waals surface area (Å²) in [6, 6.07) is 7.77. The Bertz CT molecular complexity index is 565. The van der Waals surface area contributed by atoms with Crippen LogP contribution in [-0.4, -0.2) is 16.1 Å². The Morgan fingerprint density at radius 3 is 2.78 bits per heavy atom. The molecule has 1 heterocycles. The molecule has 1 aromatic carbocycles. The van der Waals surface area contributed by atoms with Gasteiger partial charge in [-0.25, -0.2) is 0 Å². The average molecular weight is 308 g/mol. The van der Waals surface area contributed by atoms with Crippen LogP contribution in [0, 0.1) is 6.92 Å². The average Bonchev–Trinajstić information content (AvgIpc) is 2.76. The first-order valence-electron chi connectivity index (χ1n) is 5.65. The first-order valence-corrected chi connectivity index (χ1v) is 6.44. The number of H-pyrrole nitrogens is 1. The second kappa shape index (κ2) is 5.35. The fourth-order valence-electron chi connectivity index (χ4n) is 1.76. The van der Waals surface area contributed by atoms with Gasteiger partial charge in [-0.3, -0.25) is 9.89 Å². The summed E-state index contributed by atoms with van der Waals surface area (Å²) in [5.74, 6) is -0.121. The zero-order valence-corrected chi connectivity index (χ0v) is 11.8. The maximum Gasteiger partial charge on any atom is 0.255 e. The van der Waals surface area contributed by atoms with Crippen molar-refractivity contribution in [1.82, 2.24) is 15.5 Å². The molecule has 0 spiro atoms. The Kier molecular flexibility index (Phi) is 3.81. The van der Waals surface area contributed by atoms with Crippen LogP contribution in [0.15, 0.2) is 34.9 Å². The van der Waals surface area contributed by atoms with Crippen molar-refractivity contribution in [2.45, 2.75) is 19.9 Å². The second-order valence-electron chi connectivity index (χ2n) is 4.13. The summed E-state index contributed by atoms with van der Waals surface area (Å²) in [6.07, 6.45) is 1.54. The highest BCUT2D eigenvalue weighted by atomic mass is 79.9. The van der Waals surface area contributed by atoms with Crippen LogP contribution in [0.1, 0.15) is 34.6 Å². The highest BCUT2D eigenvalue weighted by Crippen LogP contribution is 2.23. The lowest BCUT2D eigenvalue weighted by molar-refractivity contribution is 0.0939. The summed E-state index contributed by atoms with van der Waals surface area (Å²) in [5.41, 5.74) is 2.40. The molecule has 18 heavy (non-hydrogen) atoms. The van der Waals surface area contributed by atoms with E-state index in [1.54, 1.807) is 0 Å². The van der Waals surface area contributed by atoms with Crippen molar-refractivity contribution in [3.05, 3.63) is 51.8 Å². The van der Waals surface area contributed by atoms with Gasteiger partial charge in [0.15, 0.2) is 0 Å². The van der Waals surface area contributed by atoms with Crippen LogP contribution in [0.25, 0.3) is 0 Å². The molecule has 2 rings (SSSR count). The van der Waals surface area contributed by atoms with E-state index in [0.717, 1.165) is 15.7 Å². The van der Waals surface area contributed by atoms with Crippen LogP contribution in [0.5, 0.6) is 0 Å². The molecule has 0 aliphatic rings. The van der Waals surface area contributed by atoms with Gasteiger partial charge < -0.3 is 5.32 Å². The number of hydrogen-bond acceptors (Lipinski definition) is 2. The SMILES string of the molecule is Cc1[nH]ncc1C(=O)NC(C)c1ccccc1Br. The monoisotopic (exact) mass is 307 g/mol. The highest BCUT2D eigenvalue weighted by molar-refractivity contribution is 9.10. The minimum atomic E-state index is -0.121. The molecule has 2 N–H and O–H groups in total. The van der Waals surface area contributed by atoms with Gasteiger partial charge in [0.1, 0.15) is 0 Å². The van der Waals surface area contributed by atoms with E-state index >= 15 is 0 Å². The number of halogens is 1. The Morgan fingerprint density at radius 2 is 2.17 bits per heavy atom. The molecule has 0 aliphatic heterocycles. The third-order valence-corrected chi connectivity index (χ3v) is 3.52. The van der Waals surface area contributed by atoms with E-state index in [2.05, 4.69) is 31.4 Å². The van der Waals surface area contributed by atoms with Gasteiger partial charge in [-0.15, -0.1) is 0 Å². The number of amides is 1. The third-order valence-electron chi connectivity index (χ3n) is 2.79. The van der Waals surface area contributed by atoms with E-state index in [9.17, 15) is 4.79 Å². The quantitative estimate of drug-likeness (QED) is 0.916. The predicted octanol–water partition coefficient (Wildman–Crippen LogP) is 2.97. The van der Waals surface area contributed by atoms with E-state index < -0.39 is 0 Å². The largest absolute Gasteiger partial charge is 0.345 e. The van der Waals surface area contributed by atoms with E-state index in [0.29, 0.717) is 5.56 Å². The molecule has 4 nitrogen and oxygen atoms in total. The van der Waals surface area contributed by atoms with Gasteiger partial charge in [-0.05, 0) is 25.5 Å². The second-order valence-corrected chi connectivity index (χ2v) is 4.98. The van der Waals surface area contributed by atoms with Crippen molar-refractivity contribution in [3.8, 4) is 0 Å². The molecule has 0 aliphatic carbocycles. The summed E-state index contributed by atoms with van der Waals surface area (Å²) in [7, 11) is 0. The number of carbonyl (C=O) groups excluding carboxylic acids is 1. The number of aromatic amines is 1. The van der Waals surface area contributed by atoms with Crippen molar-refractivity contribution >= 4 is 21.8 Å². The van der Waals surface area contributed by atoms with Gasteiger partial charge in [0.25, 0.3) is 5.91 Å². The number of carbonyl (C=O) groups is 1. The number of aromatic nitrogens is 2. The smallest absolute Gasteiger partial charge is 0.255 e. The van der Waals surface area contributed by atoms with Gasteiger partial charge >= 0.3 is 0 Å². The molecule has 2 aromatic rings. The molecule has 0 bridgehead atoms. The fraction of sp³-hybridized carbons (Fsp3) is 0.231. The van der Waals surface area contributed by atoms with Crippen LogP contribution in [0.4, 0.5) is 0 Å². The summed E-state index contributed by atoms with van der Waals surface area (Å²) >= 11 is 3.48. The molecule has 0 saturated carbocycles. The van der Waals surface area contributed by atoms with Gasteiger partial charge in [0.05, 0.1) is 17.8 Å². The minimum Gasteiger partial charge on any atom is -0.345 e. The van der Waals surface area contributed by atoms with Gasteiger partial charge in [0, 0.05) is 10.2 Å². The summed E-state index contributed by atoms with van der Waals surface area (Å²) < 4.78 is 0.988. The number of hydrogen-bond donors (Lipinski definition) is 2. The normalized spacial score (nSPS) is 12.2. The predicted molar refractivity (Wildman–Crippen MR) is 73.3 cm³/mol. The summed E-state index contributed by atoms with van der Waals surface area (Å²) in [6.45, 7) is 3.78. The Morgan fingerprint density at radius 1 is 1.44 bits per heavy atom. The molecular formula is C13H14BrN3O. The molecule has 1 atom stereocenters. The molecule has 94 valence electrons. The van der Waals surface area contributed by atoms with Crippen molar-refractivity contribution in [3.63, 3.8) is 0 Å². The van der Waals surface area contributed by atoms with Crippen LogP contribution in [0.3, 0.4) is 0 Å². The summed E-state index contributed by atoms with van der Waals surface area (Å²) in [4.78, 5) is 12.0. The Labute approximate surface area is 114 Å². The lowest BCUT2D eigenvalue weighted by Crippen LogP contribution is -2.27. The van der Waals surface area contributed by atoms with Crippen molar-refractivity contribution in [1.29, 1.82) is 0 Å². The molecule has 1 unspecified atom stereocenters. The van der Waals surface area contributed by atoms with Crippen LogP contribution < -0.4 is 5.32 Å². The fourth-order valence-corrected chi connectivity index (χ4v) is 2.39. The van der Waals surface area contributed by atoms with Crippen LogP contribution in [-0.2, 0) is 0 Å². The molecule has 0 saturated heterocycles. The standard InChI is InChI=1S/C13H14BrN3O/c1-8(10-5-3-4-6-12(10)14)16-13(18)11-7-15-17-9(11)2/h3-8H,1-2H3,(H,15,17)(H,16,18). The van der Waals surface area contributed by atoms with E-state index in [4.69, 9.17) is 0 Å². The number of nitrogens with zero attached hydrogens (tertiary/aromatic N) is 1. The maximum absolute atomic E-state index is 12.0. The molecule has 1 amide bonds. The van der Waals surface area contributed by atoms with E-state index in [1.807, 2.05) is 38.1 Å². The Hall–Kier alpha value is -1.62. The van der Waals surface area contributed by atoms with Gasteiger partial charge in [-0.2, -0.15) is 5.10 Å². The van der Waals surface area contributed by atoms with Crippen LogP contribution in [0.2, 0.25) is 0 Å². The van der Waals surface area contributed by atoms with Gasteiger partial charge in [0.2, 0.25) is 0 Å². The third kappa shape index (κ3) is 2.61. The summed E-state index contributed by atoms with van der Waals surface area (Å²) in [5, 5.41) is 9.55. The topological polar surface area (TPSA) is 57.8 Å². The molecule has 5 heteroatoms. The van der Waals surface area contributed by atoms with Crippen molar-refractivity contribution in [2.24, 2.45) is 0 Å². The molecule has 1 aromatic heterocycles. The van der Waals surface area contributed by atoms with Gasteiger partial charge in [-0.1, -0.05) is 34.1 Å². The lowest BCUT2D eigenvalue weighted by atomic mass is 10.1. The maximum atomic E-state index is 12.0. The van der Waals surface area contributed by atoms with Crippen molar-refractivity contribution < 1.29 is 4.79 Å². The van der Waals surface area contributed by atoms with Crippen LogP contribution >= 0.6 is 15.9 Å². The number of aryl methyl sites for hydroxylation is 1. The highest BCUT2D eigenvalue weighted by Gasteiger charge is 2.15. The van der Waals surface area contributed by atoms with E-state index in [-0.39, 0.29) is 11.9 Å².